The van der Waals surface area contributed by atoms with E-state index in [1.807, 2.05) is 0 Å². The van der Waals surface area contributed by atoms with Crippen LogP contribution in [0.3, 0.4) is 0 Å². The zero-order chi connectivity index (χ0) is 20.5. The van der Waals surface area contributed by atoms with E-state index in [-0.39, 0.29) is 18.7 Å². The SMILES string of the molecule is Cc1ccc(Br)c(C(=O)N2CC(F)(F)CC(C)C2CNc2ncc(Cl)cn2)n1. The standard InChI is InChI=1S/C18H19BrClF2N5O/c1-10-5-18(21,22)9-27(16(28)15-13(19)4-3-11(2)26-15)14(10)8-25-17-23-6-12(20)7-24-17/h3-4,6-7,10,14H,5,8-9H2,1-2H3,(H,23,24,25). The summed E-state index contributed by atoms with van der Waals surface area (Å²) >= 11 is 9.07. The second-order valence-electron chi connectivity index (χ2n) is 6.93. The summed E-state index contributed by atoms with van der Waals surface area (Å²) in [6.07, 6.45) is 2.57. The molecule has 10 heteroatoms. The summed E-state index contributed by atoms with van der Waals surface area (Å²) in [6, 6.07) is 2.96. The highest BCUT2D eigenvalue weighted by atomic mass is 79.9. The van der Waals surface area contributed by atoms with Gasteiger partial charge in [0.1, 0.15) is 5.69 Å². The van der Waals surface area contributed by atoms with Gasteiger partial charge in [0.2, 0.25) is 5.95 Å². The summed E-state index contributed by atoms with van der Waals surface area (Å²) in [5.74, 6) is -3.61. The quantitative estimate of drug-likeness (QED) is 0.719. The number of piperidine rings is 1. The molecule has 1 N–H and O–H groups in total. The third-order valence-corrected chi connectivity index (χ3v) is 5.45. The summed E-state index contributed by atoms with van der Waals surface area (Å²) < 4.78 is 29.0. The number of pyridine rings is 1. The van der Waals surface area contributed by atoms with Crippen LogP contribution in [0.25, 0.3) is 0 Å². The second-order valence-corrected chi connectivity index (χ2v) is 8.22. The Hall–Kier alpha value is -1.87. The maximum atomic E-state index is 14.3. The van der Waals surface area contributed by atoms with Crippen molar-refractivity contribution in [1.29, 1.82) is 0 Å². The molecule has 0 aromatic carbocycles. The molecule has 150 valence electrons. The Kier molecular flexibility index (Phi) is 6.14. The monoisotopic (exact) mass is 473 g/mol. The Bertz CT molecular complexity index is 868. The number of nitrogens with zero attached hydrogens (tertiary/aromatic N) is 4. The maximum absolute atomic E-state index is 14.3. The van der Waals surface area contributed by atoms with Crippen molar-refractivity contribution in [2.75, 3.05) is 18.4 Å². The molecule has 2 aromatic heterocycles. The van der Waals surface area contributed by atoms with Gasteiger partial charge in [0.15, 0.2) is 0 Å². The smallest absolute Gasteiger partial charge is 0.274 e. The fraction of sp³-hybridized carbons (Fsp3) is 0.444. The first-order valence-electron chi connectivity index (χ1n) is 8.69. The Balaban J connectivity index is 1.85. The van der Waals surface area contributed by atoms with Gasteiger partial charge in [-0.1, -0.05) is 18.5 Å². The first kappa shape index (κ1) is 20.9. The number of carbonyl (C=O) groups is 1. The van der Waals surface area contributed by atoms with E-state index in [1.165, 1.54) is 17.3 Å². The van der Waals surface area contributed by atoms with Crippen LogP contribution < -0.4 is 5.32 Å². The summed E-state index contributed by atoms with van der Waals surface area (Å²) in [6.45, 7) is 3.02. The maximum Gasteiger partial charge on any atom is 0.274 e. The van der Waals surface area contributed by atoms with Crippen molar-refractivity contribution in [3.05, 3.63) is 45.4 Å². The molecule has 1 aliphatic heterocycles. The van der Waals surface area contributed by atoms with Gasteiger partial charge >= 0.3 is 0 Å². The van der Waals surface area contributed by atoms with Crippen molar-refractivity contribution in [2.24, 2.45) is 5.92 Å². The van der Waals surface area contributed by atoms with Crippen LogP contribution in [0.4, 0.5) is 14.7 Å². The van der Waals surface area contributed by atoms with Crippen LogP contribution in [0.5, 0.6) is 0 Å². The molecule has 28 heavy (non-hydrogen) atoms. The highest BCUT2D eigenvalue weighted by Gasteiger charge is 2.46. The lowest BCUT2D eigenvalue weighted by molar-refractivity contribution is -0.0899. The summed E-state index contributed by atoms with van der Waals surface area (Å²) in [5, 5.41) is 3.40. The van der Waals surface area contributed by atoms with Crippen molar-refractivity contribution in [3.63, 3.8) is 0 Å². The van der Waals surface area contributed by atoms with Crippen molar-refractivity contribution >= 4 is 39.4 Å². The zero-order valence-corrected chi connectivity index (χ0v) is 17.6. The number of aryl methyl sites for hydroxylation is 1. The van der Waals surface area contributed by atoms with Gasteiger partial charge in [-0.2, -0.15) is 0 Å². The highest BCUT2D eigenvalue weighted by Crippen LogP contribution is 2.35. The van der Waals surface area contributed by atoms with Crippen molar-refractivity contribution in [1.82, 2.24) is 19.9 Å². The average Bonchev–Trinajstić information content (AvgIpc) is 2.62. The van der Waals surface area contributed by atoms with E-state index in [9.17, 15) is 13.6 Å². The lowest BCUT2D eigenvalue weighted by Gasteiger charge is -2.43. The Morgan fingerprint density at radius 2 is 2.07 bits per heavy atom. The molecule has 0 aliphatic carbocycles. The molecule has 1 saturated heterocycles. The van der Waals surface area contributed by atoms with Crippen LogP contribution in [-0.4, -0.2) is 50.8 Å². The summed E-state index contributed by atoms with van der Waals surface area (Å²) in [4.78, 5) is 26.6. The number of carbonyl (C=O) groups excluding carboxylic acids is 1. The van der Waals surface area contributed by atoms with Crippen molar-refractivity contribution < 1.29 is 13.6 Å². The fourth-order valence-electron chi connectivity index (χ4n) is 3.30. The molecule has 2 atom stereocenters. The van der Waals surface area contributed by atoms with E-state index in [1.54, 1.807) is 26.0 Å². The number of amides is 1. The van der Waals surface area contributed by atoms with E-state index in [0.717, 1.165) is 0 Å². The van der Waals surface area contributed by atoms with Crippen molar-refractivity contribution in [3.8, 4) is 0 Å². The van der Waals surface area contributed by atoms with Gasteiger partial charge in [-0.3, -0.25) is 4.79 Å². The zero-order valence-electron chi connectivity index (χ0n) is 15.3. The van der Waals surface area contributed by atoms with Crippen LogP contribution in [0, 0.1) is 12.8 Å². The average molecular weight is 475 g/mol. The Morgan fingerprint density at radius 1 is 1.39 bits per heavy atom. The number of nitrogens with one attached hydrogen (secondary N) is 1. The van der Waals surface area contributed by atoms with Crippen LogP contribution >= 0.6 is 27.5 Å². The van der Waals surface area contributed by atoms with Crippen LogP contribution in [0.15, 0.2) is 29.0 Å². The van der Waals surface area contributed by atoms with Gasteiger partial charge in [-0.25, -0.2) is 23.7 Å². The topological polar surface area (TPSA) is 71.0 Å². The molecule has 1 aliphatic rings. The largest absolute Gasteiger partial charge is 0.352 e. The number of anilines is 1. The minimum Gasteiger partial charge on any atom is -0.352 e. The molecule has 0 saturated carbocycles. The highest BCUT2D eigenvalue weighted by molar-refractivity contribution is 9.10. The predicted molar refractivity (Wildman–Crippen MR) is 106 cm³/mol. The minimum atomic E-state index is -2.96. The van der Waals surface area contributed by atoms with E-state index < -0.39 is 30.3 Å². The molecule has 2 aromatic rings. The van der Waals surface area contributed by atoms with Gasteiger partial charge in [0.25, 0.3) is 11.8 Å². The number of likely N-dealkylation sites (tertiary alicyclic amines) is 1. The number of hydrogen-bond acceptors (Lipinski definition) is 5. The molecule has 6 nitrogen and oxygen atoms in total. The van der Waals surface area contributed by atoms with Crippen LogP contribution in [-0.2, 0) is 0 Å². The molecule has 0 radical (unpaired) electrons. The predicted octanol–water partition coefficient (Wildman–Crippen LogP) is 4.19. The van der Waals surface area contributed by atoms with Crippen LogP contribution in [0.1, 0.15) is 29.5 Å². The number of halogens is 4. The van der Waals surface area contributed by atoms with Gasteiger partial charge < -0.3 is 10.2 Å². The molecule has 3 rings (SSSR count). The molecule has 0 spiro atoms. The first-order valence-corrected chi connectivity index (χ1v) is 9.87. The third kappa shape index (κ3) is 4.75. The molecule has 1 amide bonds. The summed E-state index contributed by atoms with van der Waals surface area (Å²) in [7, 11) is 0. The van der Waals surface area contributed by atoms with Gasteiger partial charge in [-0.05, 0) is 40.9 Å². The van der Waals surface area contributed by atoms with Crippen molar-refractivity contribution in [2.45, 2.75) is 32.2 Å². The molecule has 2 unspecified atom stereocenters. The molecule has 1 fully saturated rings. The van der Waals surface area contributed by atoms with E-state index in [2.05, 4.69) is 36.2 Å². The minimum absolute atomic E-state index is 0.123. The normalized spacial score (nSPS) is 21.4. The van der Waals surface area contributed by atoms with Gasteiger partial charge in [0.05, 0.1) is 30.0 Å². The fourth-order valence-corrected chi connectivity index (χ4v) is 3.79. The molecule has 0 bridgehead atoms. The second kappa shape index (κ2) is 8.24. The number of rotatable bonds is 4. The number of alkyl halides is 2. The van der Waals surface area contributed by atoms with Gasteiger partial charge in [0, 0.05) is 23.1 Å². The lowest BCUT2D eigenvalue weighted by Crippen LogP contribution is -2.57. The molecular formula is C18H19BrClF2N5O. The first-order chi connectivity index (χ1) is 13.2. The summed E-state index contributed by atoms with van der Waals surface area (Å²) in [5.41, 5.74) is 0.755. The number of hydrogen-bond donors (Lipinski definition) is 1. The molecule has 3 heterocycles. The van der Waals surface area contributed by atoms with Gasteiger partial charge in [-0.15, -0.1) is 0 Å². The van der Waals surface area contributed by atoms with E-state index in [4.69, 9.17) is 11.6 Å². The van der Waals surface area contributed by atoms with Crippen LogP contribution in [0.2, 0.25) is 5.02 Å². The van der Waals surface area contributed by atoms with E-state index in [0.29, 0.717) is 21.1 Å². The Labute approximate surface area is 174 Å². The number of aromatic nitrogens is 3. The van der Waals surface area contributed by atoms with E-state index >= 15 is 0 Å². The molecular weight excluding hydrogens is 456 g/mol. The third-order valence-electron chi connectivity index (χ3n) is 4.62. The lowest BCUT2D eigenvalue weighted by atomic mass is 9.88. The Morgan fingerprint density at radius 3 is 2.75 bits per heavy atom.